The number of benzene rings is 1. The van der Waals surface area contributed by atoms with Gasteiger partial charge in [0.15, 0.2) is 6.10 Å². The Labute approximate surface area is 117 Å². The number of primary amides is 1. The molecule has 3 N–H and O–H groups in total. The second-order valence-electron chi connectivity index (χ2n) is 4.66. The summed E-state index contributed by atoms with van der Waals surface area (Å²) in [5.41, 5.74) is 5.93. The molecule has 0 bridgehead atoms. The maximum Gasteiger partial charge on any atom is 0.260 e. The molecule has 0 aliphatic carbocycles. The van der Waals surface area contributed by atoms with Crippen molar-refractivity contribution in [2.45, 2.75) is 25.4 Å². The highest BCUT2D eigenvalue weighted by atomic mass is 16.5. The number of carbonyl (C=O) groups is 2. The number of hydrogen-bond donors (Lipinski definition) is 2. The van der Waals surface area contributed by atoms with Crippen LogP contribution in [0.1, 0.15) is 19.3 Å². The molecular weight excluding hydrogens is 260 g/mol. The quantitative estimate of drug-likeness (QED) is 0.764. The number of hydrogen-bond acceptors (Lipinski definition) is 4. The lowest BCUT2D eigenvalue weighted by atomic mass is 10.1. The molecular formula is C14H18N2O4. The lowest BCUT2D eigenvalue weighted by Crippen LogP contribution is -2.49. The van der Waals surface area contributed by atoms with Crippen molar-refractivity contribution in [2.75, 3.05) is 18.1 Å². The Hall–Kier alpha value is -2.08. The highest BCUT2D eigenvalue weighted by molar-refractivity contribution is 5.97. The van der Waals surface area contributed by atoms with E-state index in [2.05, 4.69) is 0 Å². The Balaban J connectivity index is 2.18. The van der Waals surface area contributed by atoms with Crippen LogP contribution in [0.5, 0.6) is 5.75 Å². The molecule has 0 saturated carbocycles. The average Bonchev–Trinajstić information content (AvgIpc) is 2.46. The third kappa shape index (κ3) is 3.08. The van der Waals surface area contributed by atoms with Crippen molar-refractivity contribution in [1.29, 1.82) is 0 Å². The molecule has 0 aromatic heterocycles. The number of rotatable bonds is 5. The van der Waals surface area contributed by atoms with Crippen LogP contribution in [0.3, 0.4) is 0 Å². The van der Waals surface area contributed by atoms with E-state index in [-0.39, 0.29) is 19.1 Å². The van der Waals surface area contributed by atoms with Gasteiger partial charge in [0.1, 0.15) is 5.75 Å². The number of para-hydroxylation sites is 2. The van der Waals surface area contributed by atoms with E-state index in [9.17, 15) is 9.59 Å². The minimum Gasteiger partial charge on any atom is -0.477 e. The van der Waals surface area contributed by atoms with Gasteiger partial charge in [-0.1, -0.05) is 12.1 Å². The van der Waals surface area contributed by atoms with Gasteiger partial charge in [0, 0.05) is 13.0 Å². The molecule has 2 amide bonds. The van der Waals surface area contributed by atoms with Crippen LogP contribution in [0, 0.1) is 0 Å². The van der Waals surface area contributed by atoms with E-state index in [1.165, 1.54) is 4.90 Å². The number of aliphatic hydroxyl groups is 1. The van der Waals surface area contributed by atoms with Crippen LogP contribution in [0.15, 0.2) is 24.3 Å². The zero-order valence-electron chi connectivity index (χ0n) is 11.1. The number of nitrogens with zero attached hydrogens (tertiary/aromatic N) is 1. The SMILES string of the molecule is NC(=O)C1CN(C(=O)CCCCO)c2ccccc2O1. The normalized spacial score (nSPS) is 17.2. The molecule has 1 unspecified atom stereocenters. The van der Waals surface area contributed by atoms with E-state index >= 15 is 0 Å². The molecule has 1 heterocycles. The first-order valence-electron chi connectivity index (χ1n) is 6.59. The predicted octanol–water partition coefficient (Wildman–Crippen LogP) is 0.428. The maximum absolute atomic E-state index is 12.2. The smallest absolute Gasteiger partial charge is 0.260 e. The zero-order valence-corrected chi connectivity index (χ0v) is 11.1. The summed E-state index contributed by atoms with van der Waals surface area (Å²) in [6, 6.07) is 7.06. The Morgan fingerprint density at radius 1 is 1.35 bits per heavy atom. The molecule has 108 valence electrons. The molecule has 0 fully saturated rings. The van der Waals surface area contributed by atoms with E-state index in [0.29, 0.717) is 30.7 Å². The Kier molecular flexibility index (Phi) is 4.57. The van der Waals surface area contributed by atoms with Gasteiger partial charge in [-0.25, -0.2) is 0 Å². The summed E-state index contributed by atoms with van der Waals surface area (Å²) >= 11 is 0. The number of unbranched alkanes of at least 4 members (excludes halogenated alkanes) is 1. The number of nitrogens with two attached hydrogens (primary N) is 1. The molecule has 1 aromatic rings. The van der Waals surface area contributed by atoms with Crippen molar-refractivity contribution in [3.63, 3.8) is 0 Å². The number of fused-ring (bicyclic) bond motifs is 1. The van der Waals surface area contributed by atoms with Crippen LogP contribution in [0.2, 0.25) is 0 Å². The molecule has 1 aliphatic heterocycles. The van der Waals surface area contributed by atoms with Crippen LogP contribution in [0.25, 0.3) is 0 Å². The van der Waals surface area contributed by atoms with Gasteiger partial charge in [-0.2, -0.15) is 0 Å². The fraction of sp³-hybridized carbons (Fsp3) is 0.429. The van der Waals surface area contributed by atoms with Crippen molar-refractivity contribution < 1.29 is 19.4 Å². The molecule has 1 atom stereocenters. The third-order valence-corrected chi connectivity index (χ3v) is 3.19. The van der Waals surface area contributed by atoms with Gasteiger partial charge in [-0.3, -0.25) is 9.59 Å². The van der Waals surface area contributed by atoms with Gasteiger partial charge < -0.3 is 20.5 Å². The monoisotopic (exact) mass is 278 g/mol. The second kappa shape index (κ2) is 6.38. The van der Waals surface area contributed by atoms with Crippen molar-refractivity contribution in [3.05, 3.63) is 24.3 Å². The molecule has 0 radical (unpaired) electrons. The van der Waals surface area contributed by atoms with Gasteiger partial charge in [0.25, 0.3) is 5.91 Å². The summed E-state index contributed by atoms with van der Waals surface area (Å²) in [5, 5.41) is 8.76. The Morgan fingerprint density at radius 2 is 2.10 bits per heavy atom. The molecule has 0 spiro atoms. The van der Waals surface area contributed by atoms with E-state index in [0.717, 1.165) is 0 Å². The zero-order chi connectivity index (χ0) is 14.5. The Bertz CT molecular complexity index is 504. The average molecular weight is 278 g/mol. The summed E-state index contributed by atoms with van der Waals surface area (Å²) in [7, 11) is 0. The van der Waals surface area contributed by atoms with Crippen molar-refractivity contribution in [2.24, 2.45) is 5.73 Å². The minimum absolute atomic E-state index is 0.0664. The number of ether oxygens (including phenoxy) is 1. The van der Waals surface area contributed by atoms with Crippen molar-refractivity contribution in [1.82, 2.24) is 0 Å². The first kappa shape index (κ1) is 14.3. The largest absolute Gasteiger partial charge is 0.477 e. The molecule has 2 rings (SSSR count). The van der Waals surface area contributed by atoms with Gasteiger partial charge >= 0.3 is 0 Å². The number of amides is 2. The molecule has 1 aromatic carbocycles. The number of carbonyl (C=O) groups excluding carboxylic acids is 2. The second-order valence-corrected chi connectivity index (χ2v) is 4.66. The van der Waals surface area contributed by atoms with Crippen LogP contribution >= 0.6 is 0 Å². The predicted molar refractivity (Wildman–Crippen MR) is 73.3 cm³/mol. The van der Waals surface area contributed by atoms with Gasteiger partial charge in [-0.05, 0) is 25.0 Å². The minimum atomic E-state index is -0.827. The van der Waals surface area contributed by atoms with Gasteiger partial charge in [-0.15, -0.1) is 0 Å². The van der Waals surface area contributed by atoms with Crippen LogP contribution in [-0.4, -0.2) is 36.2 Å². The van der Waals surface area contributed by atoms with Crippen LogP contribution in [0.4, 0.5) is 5.69 Å². The van der Waals surface area contributed by atoms with Crippen molar-refractivity contribution in [3.8, 4) is 5.75 Å². The number of aliphatic hydroxyl groups excluding tert-OH is 1. The molecule has 1 aliphatic rings. The van der Waals surface area contributed by atoms with Crippen LogP contribution in [-0.2, 0) is 9.59 Å². The fourth-order valence-corrected chi connectivity index (χ4v) is 2.14. The van der Waals surface area contributed by atoms with Crippen LogP contribution < -0.4 is 15.4 Å². The maximum atomic E-state index is 12.2. The summed E-state index contributed by atoms with van der Waals surface area (Å²) < 4.78 is 5.49. The fourth-order valence-electron chi connectivity index (χ4n) is 2.14. The van der Waals surface area contributed by atoms with Crippen molar-refractivity contribution >= 4 is 17.5 Å². The molecule has 20 heavy (non-hydrogen) atoms. The van der Waals surface area contributed by atoms with Gasteiger partial charge in [0.05, 0.1) is 12.2 Å². The highest BCUT2D eigenvalue weighted by Gasteiger charge is 2.32. The Morgan fingerprint density at radius 3 is 2.80 bits per heavy atom. The first-order valence-corrected chi connectivity index (χ1v) is 6.59. The summed E-state index contributed by atoms with van der Waals surface area (Å²) in [4.78, 5) is 25.1. The van der Waals surface area contributed by atoms with E-state index in [1.807, 2.05) is 0 Å². The van der Waals surface area contributed by atoms with E-state index in [4.69, 9.17) is 15.6 Å². The lowest BCUT2D eigenvalue weighted by molar-refractivity contribution is -0.125. The topological polar surface area (TPSA) is 92.9 Å². The molecule has 6 nitrogen and oxygen atoms in total. The molecule has 0 saturated heterocycles. The first-order chi connectivity index (χ1) is 9.63. The summed E-state index contributed by atoms with van der Waals surface area (Å²) in [6.45, 7) is 0.196. The van der Waals surface area contributed by atoms with E-state index in [1.54, 1.807) is 24.3 Å². The lowest BCUT2D eigenvalue weighted by Gasteiger charge is -2.33. The number of anilines is 1. The standard InChI is InChI=1S/C14H18N2O4/c15-14(19)12-9-16(13(18)7-3-4-8-17)10-5-1-2-6-11(10)20-12/h1-2,5-6,12,17H,3-4,7-9H2,(H2,15,19). The summed E-state index contributed by atoms with van der Waals surface area (Å²) in [6.07, 6.45) is 0.680. The third-order valence-electron chi connectivity index (χ3n) is 3.19. The summed E-state index contributed by atoms with van der Waals surface area (Å²) in [5.74, 6) is -0.203. The van der Waals surface area contributed by atoms with E-state index < -0.39 is 12.0 Å². The molecule has 6 heteroatoms. The highest BCUT2D eigenvalue weighted by Crippen LogP contribution is 2.33. The van der Waals surface area contributed by atoms with Gasteiger partial charge in [0.2, 0.25) is 5.91 Å².